The van der Waals surface area contributed by atoms with Crippen molar-refractivity contribution in [3.63, 3.8) is 0 Å². The summed E-state index contributed by atoms with van der Waals surface area (Å²) in [4.78, 5) is 25.3. The fraction of sp³-hybridized carbons (Fsp3) is 0.333. The van der Waals surface area contributed by atoms with Crippen LogP contribution in [0.1, 0.15) is 30.9 Å². The number of amides is 2. The molecule has 1 aliphatic rings. The van der Waals surface area contributed by atoms with Crippen molar-refractivity contribution in [2.45, 2.75) is 43.8 Å². The number of benzene rings is 2. The quantitative estimate of drug-likeness (QED) is 0.722. The van der Waals surface area contributed by atoms with Gasteiger partial charge in [0.05, 0.1) is 5.25 Å². The molecule has 0 spiro atoms. The van der Waals surface area contributed by atoms with E-state index in [0.29, 0.717) is 0 Å². The van der Waals surface area contributed by atoms with Crippen molar-refractivity contribution in [3.8, 4) is 0 Å². The van der Waals surface area contributed by atoms with E-state index >= 15 is 0 Å². The average Bonchev–Trinajstić information content (AvgIpc) is 3.43. The zero-order chi connectivity index (χ0) is 18.7. The highest BCUT2D eigenvalue weighted by Crippen LogP contribution is 2.31. The highest BCUT2D eigenvalue weighted by atomic mass is 32.2. The Morgan fingerprint density at radius 2 is 1.73 bits per heavy atom. The zero-order valence-corrected chi connectivity index (χ0v) is 16.2. The lowest BCUT2D eigenvalue weighted by atomic mass is 10.1. The van der Waals surface area contributed by atoms with Gasteiger partial charge >= 0.3 is 0 Å². The third-order valence-electron chi connectivity index (χ3n) is 4.51. The Kier molecular flexibility index (Phi) is 5.67. The molecule has 1 atom stereocenters. The summed E-state index contributed by atoms with van der Waals surface area (Å²) >= 11 is 1.48. The molecule has 0 saturated heterocycles. The summed E-state index contributed by atoms with van der Waals surface area (Å²) in [6, 6.07) is 13.6. The zero-order valence-electron chi connectivity index (χ0n) is 15.3. The molecule has 2 amide bonds. The molecule has 0 bridgehead atoms. The van der Waals surface area contributed by atoms with Crippen LogP contribution in [0.15, 0.2) is 47.4 Å². The maximum atomic E-state index is 12.5. The third-order valence-corrected chi connectivity index (χ3v) is 5.60. The van der Waals surface area contributed by atoms with Gasteiger partial charge in [0, 0.05) is 22.2 Å². The van der Waals surface area contributed by atoms with Gasteiger partial charge in [0.15, 0.2) is 0 Å². The first-order chi connectivity index (χ1) is 12.4. The summed E-state index contributed by atoms with van der Waals surface area (Å²) in [5.41, 5.74) is 3.96. The summed E-state index contributed by atoms with van der Waals surface area (Å²) < 4.78 is 0. The first kappa shape index (κ1) is 18.5. The Morgan fingerprint density at radius 3 is 2.42 bits per heavy atom. The largest absolute Gasteiger partial charge is 0.326 e. The Morgan fingerprint density at radius 1 is 1.00 bits per heavy atom. The molecule has 0 heterocycles. The standard InChI is InChI=1S/C21H24N2O2S/c1-13-7-10-18(11-14(13)2)22-20(24)15(3)26-19-6-4-5-17(12-19)23-21(25)16-8-9-16/h4-7,10-12,15-16H,8-9H2,1-3H3,(H,22,24)(H,23,25). The normalized spacial score (nSPS) is 14.6. The van der Waals surface area contributed by atoms with Crippen LogP contribution in [0.2, 0.25) is 0 Å². The van der Waals surface area contributed by atoms with Crippen LogP contribution in [0, 0.1) is 19.8 Å². The van der Waals surface area contributed by atoms with Gasteiger partial charge in [-0.25, -0.2) is 0 Å². The number of rotatable bonds is 6. The topological polar surface area (TPSA) is 58.2 Å². The number of nitrogens with one attached hydrogen (secondary N) is 2. The second-order valence-corrected chi connectivity index (χ2v) is 8.25. The predicted molar refractivity (Wildman–Crippen MR) is 108 cm³/mol. The minimum absolute atomic E-state index is 0.0364. The van der Waals surface area contributed by atoms with E-state index in [2.05, 4.69) is 17.6 Å². The van der Waals surface area contributed by atoms with Crippen molar-refractivity contribution in [1.82, 2.24) is 0 Å². The van der Waals surface area contributed by atoms with Gasteiger partial charge in [0.2, 0.25) is 11.8 Å². The van der Waals surface area contributed by atoms with Gasteiger partial charge in [-0.1, -0.05) is 12.1 Å². The SMILES string of the molecule is Cc1ccc(NC(=O)C(C)Sc2cccc(NC(=O)C3CC3)c2)cc1C. The summed E-state index contributed by atoms with van der Waals surface area (Å²) in [6.07, 6.45) is 1.96. The van der Waals surface area contributed by atoms with Crippen molar-refractivity contribution in [1.29, 1.82) is 0 Å². The maximum Gasteiger partial charge on any atom is 0.237 e. The van der Waals surface area contributed by atoms with Crippen molar-refractivity contribution >= 4 is 35.0 Å². The molecule has 0 radical (unpaired) electrons. The molecular formula is C21H24N2O2S. The second kappa shape index (κ2) is 7.96. The van der Waals surface area contributed by atoms with Gasteiger partial charge in [-0.3, -0.25) is 9.59 Å². The molecule has 5 heteroatoms. The van der Waals surface area contributed by atoms with Crippen LogP contribution in [-0.4, -0.2) is 17.1 Å². The molecule has 1 saturated carbocycles. The minimum atomic E-state index is -0.244. The Bertz CT molecular complexity index is 831. The molecule has 136 valence electrons. The Labute approximate surface area is 158 Å². The van der Waals surface area contributed by atoms with Gasteiger partial charge < -0.3 is 10.6 Å². The molecule has 1 aliphatic carbocycles. The first-order valence-corrected chi connectivity index (χ1v) is 9.76. The lowest BCUT2D eigenvalue weighted by Gasteiger charge is -2.14. The maximum absolute atomic E-state index is 12.5. The van der Waals surface area contributed by atoms with Crippen LogP contribution < -0.4 is 10.6 Å². The van der Waals surface area contributed by atoms with Crippen LogP contribution in [0.3, 0.4) is 0 Å². The number of carbonyl (C=O) groups is 2. The highest BCUT2D eigenvalue weighted by molar-refractivity contribution is 8.00. The third kappa shape index (κ3) is 4.88. The molecule has 0 aliphatic heterocycles. The summed E-state index contributed by atoms with van der Waals surface area (Å²) in [7, 11) is 0. The minimum Gasteiger partial charge on any atom is -0.326 e. The van der Waals surface area contributed by atoms with E-state index < -0.39 is 0 Å². The lowest BCUT2D eigenvalue weighted by molar-refractivity contribution is -0.117. The van der Waals surface area contributed by atoms with E-state index in [1.807, 2.05) is 56.3 Å². The predicted octanol–water partition coefficient (Wildman–Crippen LogP) is 4.77. The summed E-state index contributed by atoms with van der Waals surface area (Å²) in [6.45, 7) is 5.97. The number of aryl methyl sites for hydroxylation is 2. The van der Waals surface area contributed by atoms with Gasteiger partial charge in [-0.2, -0.15) is 0 Å². The van der Waals surface area contributed by atoms with Gasteiger partial charge in [-0.05, 0) is 75.1 Å². The van der Waals surface area contributed by atoms with Crippen molar-refractivity contribution in [2.75, 3.05) is 10.6 Å². The van der Waals surface area contributed by atoms with Crippen LogP contribution in [-0.2, 0) is 9.59 Å². The number of hydrogen-bond acceptors (Lipinski definition) is 3. The number of carbonyl (C=O) groups excluding carboxylic acids is 2. The van der Waals surface area contributed by atoms with Crippen LogP contribution in [0.5, 0.6) is 0 Å². The molecule has 0 aromatic heterocycles. The summed E-state index contributed by atoms with van der Waals surface area (Å²) in [5, 5.41) is 5.67. The molecular weight excluding hydrogens is 344 g/mol. The Balaban J connectivity index is 1.59. The molecule has 1 fully saturated rings. The number of anilines is 2. The van der Waals surface area contributed by atoms with Crippen LogP contribution in [0.25, 0.3) is 0 Å². The number of hydrogen-bond donors (Lipinski definition) is 2. The molecule has 4 nitrogen and oxygen atoms in total. The van der Waals surface area contributed by atoms with E-state index in [0.717, 1.165) is 34.7 Å². The van der Waals surface area contributed by atoms with Gasteiger partial charge in [-0.15, -0.1) is 11.8 Å². The first-order valence-electron chi connectivity index (χ1n) is 8.88. The molecule has 2 aromatic rings. The van der Waals surface area contributed by atoms with Crippen LogP contribution >= 0.6 is 11.8 Å². The Hall–Kier alpha value is -2.27. The van der Waals surface area contributed by atoms with Crippen LogP contribution in [0.4, 0.5) is 11.4 Å². The smallest absolute Gasteiger partial charge is 0.237 e. The van der Waals surface area contributed by atoms with Crippen molar-refractivity contribution < 1.29 is 9.59 Å². The van der Waals surface area contributed by atoms with Gasteiger partial charge in [0.25, 0.3) is 0 Å². The van der Waals surface area contributed by atoms with E-state index in [9.17, 15) is 9.59 Å². The van der Waals surface area contributed by atoms with Gasteiger partial charge in [0.1, 0.15) is 0 Å². The monoisotopic (exact) mass is 368 g/mol. The van der Waals surface area contributed by atoms with E-state index in [1.54, 1.807) is 0 Å². The van der Waals surface area contributed by atoms with E-state index in [-0.39, 0.29) is 23.0 Å². The molecule has 26 heavy (non-hydrogen) atoms. The number of thioether (sulfide) groups is 1. The van der Waals surface area contributed by atoms with E-state index in [1.165, 1.54) is 17.3 Å². The fourth-order valence-electron chi connectivity index (χ4n) is 2.56. The second-order valence-electron chi connectivity index (χ2n) is 6.84. The van der Waals surface area contributed by atoms with Crippen molar-refractivity contribution in [3.05, 3.63) is 53.6 Å². The molecule has 2 N–H and O–H groups in total. The molecule has 2 aromatic carbocycles. The summed E-state index contributed by atoms with van der Waals surface area (Å²) in [5.74, 6) is 0.229. The lowest BCUT2D eigenvalue weighted by Crippen LogP contribution is -2.22. The van der Waals surface area contributed by atoms with E-state index in [4.69, 9.17) is 0 Å². The average molecular weight is 369 g/mol. The highest BCUT2D eigenvalue weighted by Gasteiger charge is 2.29. The molecule has 1 unspecified atom stereocenters. The fourth-order valence-corrected chi connectivity index (χ4v) is 3.48. The molecule has 3 rings (SSSR count). The van der Waals surface area contributed by atoms with Crippen molar-refractivity contribution in [2.24, 2.45) is 5.92 Å².